The van der Waals surface area contributed by atoms with Crippen LogP contribution in [-0.4, -0.2) is 52.4 Å². The molecule has 1 aliphatic heterocycles. The van der Waals surface area contributed by atoms with Crippen molar-refractivity contribution < 1.29 is 14.0 Å². The van der Waals surface area contributed by atoms with Crippen LogP contribution in [0.3, 0.4) is 0 Å². The minimum Gasteiger partial charge on any atom is -0.408 e. The van der Waals surface area contributed by atoms with Gasteiger partial charge in [-0.3, -0.25) is 14.2 Å². The van der Waals surface area contributed by atoms with E-state index in [4.69, 9.17) is 27.6 Å². The van der Waals surface area contributed by atoms with Crippen molar-refractivity contribution in [2.45, 2.75) is 19.4 Å². The van der Waals surface area contributed by atoms with E-state index in [2.05, 4.69) is 0 Å². The quantitative estimate of drug-likeness (QED) is 0.584. The lowest BCUT2D eigenvalue weighted by atomic mass is 10.1. The van der Waals surface area contributed by atoms with Crippen LogP contribution in [0.2, 0.25) is 10.0 Å². The first-order valence-electron chi connectivity index (χ1n) is 9.99. The zero-order valence-corrected chi connectivity index (χ0v) is 18.2. The second kappa shape index (κ2) is 9.16. The van der Waals surface area contributed by atoms with Gasteiger partial charge < -0.3 is 14.2 Å². The summed E-state index contributed by atoms with van der Waals surface area (Å²) in [4.78, 5) is 40.8. The maximum absolute atomic E-state index is 12.6. The fourth-order valence-electron chi connectivity index (χ4n) is 3.71. The highest BCUT2D eigenvalue weighted by molar-refractivity contribution is 6.31. The molecule has 0 aliphatic carbocycles. The Morgan fingerprint density at radius 3 is 2.16 bits per heavy atom. The van der Waals surface area contributed by atoms with Crippen LogP contribution in [0.15, 0.2) is 51.7 Å². The summed E-state index contributed by atoms with van der Waals surface area (Å²) in [5.74, 6) is -0.535. The number of hydrogen-bond acceptors (Lipinski definition) is 4. The van der Waals surface area contributed by atoms with E-state index >= 15 is 0 Å². The minimum atomic E-state index is -0.511. The summed E-state index contributed by atoms with van der Waals surface area (Å²) in [7, 11) is 0. The molecule has 0 bridgehead atoms. The second-order valence-corrected chi connectivity index (χ2v) is 8.32. The molecule has 1 saturated heterocycles. The Hall–Kier alpha value is -2.77. The third-order valence-corrected chi connectivity index (χ3v) is 5.92. The normalized spacial score (nSPS) is 14.3. The van der Waals surface area contributed by atoms with Crippen LogP contribution in [0, 0.1) is 0 Å². The van der Waals surface area contributed by atoms with E-state index < -0.39 is 5.76 Å². The Balaban J connectivity index is 1.29. The van der Waals surface area contributed by atoms with Crippen molar-refractivity contribution in [2.75, 3.05) is 26.2 Å². The highest BCUT2D eigenvalue weighted by Gasteiger charge is 2.24. The highest BCUT2D eigenvalue weighted by atomic mass is 35.5. The number of hydrogen-bond donors (Lipinski definition) is 0. The van der Waals surface area contributed by atoms with Crippen molar-refractivity contribution in [3.8, 4) is 0 Å². The number of aromatic nitrogens is 1. The number of benzene rings is 2. The van der Waals surface area contributed by atoms with Gasteiger partial charge in [0.15, 0.2) is 5.58 Å². The molecule has 4 rings (SSSR count). The fraction of sp³-hybridized carbons (Fsp3) is 0.318. The number of carbonyl (C=O) groups is 2. The van der Waals surface area contributed by atoms with E-state index in [-0.39, 0.29) is 24.8 Å². The molecular weight excluding hydrogens is 441 g/mol. The summed E-state index contributed by atoms with van der Waals surface area (Å²) in [6, 6.07) is 12.2. The first-order valence-corrected chi connectivity index (χ1v) is 10.8. The lowest BCUT2D eigenvalue weighted by molar-refractivity contribution is -0.139. The Bertz CT molecular complexity index is 1160. The highest BCUT2D eigenvalue weighted by Crippen LogP contribution is 2.19. The lowest BCUT2D eigenvalue weighted by Crippen LogP contribution is -2.51. The molecule has 0 unspecified atom stereocenters. The van der Waals surface area contributed by atoms with Crippen molar-refractivity contribution >= 4 is 46.1 Å². The van der Waals surface area contributed by atoms with Gasteiger partial charge in [-0.05, 0) is 29.8 Å². The molecule has 1 aromatic heterocycles. The number of aryl methyl sites for hydroxylation is 1. The first kappa shape index (κ1) is 21.5. The van der Waals surface area contributed by atoms with Gasteiger partial charge in [0, 0.05) is 55.3 Å². The van der Waals surface area contributed by atoms with E-state index in [9.17, 15) is 14.4 Å². The van der Waals surface area contributed by atoms with Gasteiger partial charge in [0.2, 0.25) is 11.8 Å². The summed E-state index contributed by atoms with van der Waals surface area (Å²) in [5.41, 5.74) is 1.92. The van der Waals surface area contributed by atoms with Gasteiger partial charge in [0.25, 0.3) is 0 Å². The zero-order valence-electron chi connectivity index (χ0n) is 16.7. The summed E-state index contributed by atoms with van der Waals surface area (Å²) in [5, 5.41) is 1.12. The van der Waals surface area contributed by atoms with Crippen LogP contribution >= 0.6 is 23.2 Å². The standard InChI is InChI=1S/C22H21Cl2N3O4/c23-16-3-1-15(2-4-16)13-21(29)26-11-9-25(10-12-26)20(28)7-8-27-18-6-5-17(24)14-19(18)31-22(27)30/h1-6,14H,7-13H2. The maximum Gasteiger partial charge on any atom is 0.419 e. The average Bonchev–Trinajstić information content (AvgIpc) is 3.07. The topological polar surface area (TPSA) is 75.8 Å². The Morgan fingerprint density at radius 1 is 0.871 bits per heavy atom. The van der Waals surface area contributed by atoms with Crippen LogP contribution in [0.4, 0.5) is 0 Å². The number of oxazole rings is 1. The van der Waals surface area contributed by atoms with E-state index in [0.29, 0.717) is 53.7 Å². The van der Waals surface area contributed by atoms with Crippen molar-refractivity contribution in [3.05, 3.63) is 68.6 Å². The summed E-state index contributed by atoms with van der Waals surface area (Å²) >= 11 is 11.8. The van der Waals surface area contributed by atoms with Gasteiger partial charge in [-0.1, -0.05) is 35.3 Å². The Morgan fingerprint density at radius 2 is 1.48 bits per heavy atom. The van der Waals surface area contributed by atoms with Crippen molar-refractivity contribution in [1.29, 1.82) is 0 Å². The Kier molecular flexibility index (Phi) is 6.34. The number of amides is 2. The number of piperazine rings is 1. The molecule has 0 radical (unpaired) electrons. The molecule has 0 saturated carbocycles. The molecule has 0 atom stereocenters. The summed E-state index contributed by atoms with van der Waals surface area (Å²) < 4.78 is 6.64. The van der Waals surface area contributed by atoms with E-state index in [1.54, 1.807) is 40.1 Å². The third-order valence-electron chi connectivity index (χ3n) is 5.43. The molecule has 162 valence electrons. The maximum atomic E-state index is 12.6. The van der Waals surface area contributed by atoms with E-state index in [1.807, 2.05) is 12.1 Å². The van der Waals surface area contributed by atoms with Crippen molar-refractivity contribution in [2.24, 2.45) is 0 Å². The molecule has 1 aliphatic rings. The van der Waals surface area contributed by atoms with Gasteiger partial charge in [-0.2, -0.15) is 0 Å². The molecule has 2 aromatic carbocycles. The van der Waals surface area contributed by atoms with Crippen LogP contribution in [0.1, 0.15) is 12.0 Å². The average molecular weight is 462 g/mol. The number of halogens is 2. The predicted molar refractivity (Wildman–Crippen MR) is 118 cm³/mol. The van der Waals surface area contributed by atoms with E-state index in [1.165, 1.54) is 4.57 Å². The zero-order chi connectivity index (χ0) is 22.0. The number of nitrogens with zero attached hydrogens (tertiary/aromatic N) is 3. The third kappa shape index (κ3) is 4.94. The molecule has 9 heteroatoms. The summed E-state index contributed by atoms with van der Waals surface area (Å²) in [6.07, 6.45) is 0.488. The van der Waals surface area contributed by atoms with Gasteiger partial charge in [-0.25, -0.2) is 4.79 Å². The van der Waals surface area contributed by atoms with Crippen LogP contribution in [-0.2, 0) is 22.6 Å². The van der Waals surface area contributed by atoms with Gasteiger partial charge in [-0.15, -0.1) is 0 Å². The van der Waals surface area contributed by atoms with Crippen LogP contribution in [0.5, 0.6) is 0 Å². The van der Waals surface area contributed by atoms with Crippen LogP contribution < -0.4 is 5.76 Å². The van der Waals surface area contributed by atoms with Gasteiger partial charge in [0.05, 0.1) is 11.9 Å². The number of carbonyl (C=O) groups excluding carboxylic acids is 2. The lowest BCUT2D eigenvalue weighted by Gasteiger charge is -2.35. The monoisotopic (exact) mass is 461 g/mol. The second-order valence-electron chi connectivity index (χ2n) is 7.45. The Labute approximate surface area is 188 Å². The molecule has 0 N–H and O–H groups in total. The molecule has 7 nitrogen and oxygen atoms in total. The summed E-state index contributed by atoms with van der Waals surface area (Å²) in [6.45, 7) is 2.15. The molecule has 3 aromatic rings. The molecule has 31 heavy (non-hydrogen) atoms. The van der Waals surface area contributed by atoms with Gasteiger partial charge >= 0.3 is 5.76 Å². The van der Waals surface area contributed by atoms with E-state index in [0.717, 1.165) is 5.56 Å². The number of rotatable bonds is 5. The van der Waals surface area contributed by atoms with Crippen molar-refractivity contribution in [1.82, 2.24) is 14.4 Å². The van der Waals surface area contributed by atoms with Crippen LogP contribution in [0.25, 0.3) is 11.1 Å². The van der Waals surface area contributed by atoms with Gasteiger partial charge in [0.1, 0.15) is 0 Å². The van der Waals surface area contributed by atoms with Crippen molar-refractivity contribution in [3.63, 3.8) is 0 Å². The molecule has 2 heterocycles. The molecule has 0 spiro atoms. The SMILES string of the molecule is O=C(CCn1c(=O)oc2cc(Cl)ccc21)N1CCN(C(=O)Cc2ccc(Cl)cc2)CC1. The largest absolute Gasteiger partial charge is 0.419 e. The molecule has 1 fully saturated rings. The molecule has 2 amide bonds. The minimum absolute atomic E-state index is 0.0319. The fourth-order valence-corrected chi connectivity index (χ4v) is 4.00. The molecular formula is C22H21Cl2N3O4. The predicted octanol–water partition coefficient (Wildman–Crippen LogP) is 3.20. The number of fused-ring (bicyclic) bond motifs is 1. The first-order chi connectivity index (χ1) is 14.9. The smallest absolute Gasteiger partial charge is 0.408 e.